The molecule has 30 heavy (non-hydrogen) atoms. The summed E-state index contributed by atoms with van der Waals surface area (Å²) in [7, 11) is 0. The molecule has 0 saturated heterocycles. The van der Waals surface area contributed by atoms with E-state index in [0.29, 0.717) is 16.5 Å². The summed E-state index contributed by atoms with van der Waals surface area (Å²) in [4.78, 5) is 27.9. The van der Waals surface area contributed by atoms with Crippen LogP contribution in [-0.4, -0.2) is 28.8 Å². The smallest absolute Gasteiger partial charge is 0.243 e. The summed E-state index contributed by atoms with van der Waals surface area (Å²) in [6, 6.07) is 10.8. The molecular weight excluding hydrogens is 419 g/mol. The largest absolute Gasteiger partial charge is 0.352 e. The van der Waals surface area contributed by atoms with E-state index in [9.17, 15) is 9.59 Å². The number of benzene rings is 2. The van der Waals surface area contributed by atoms with Gasteiger partial charge in [0.15, 0.2) is 0 Å². The minimum Gasteiger partial charge on any atom is -0.352 e. The molecular formula is C24H30Cl2N2O2. The molecule has 0 aliphatic carbocycles. The molecule has 0 heterocycles. The predicted octanol–water partition coefficient (Wildman–Crippen LogP) is 5.48. The van der Waals surface area contributed by atoms with E-state index in [1.165, 1.54) is 0 Å². The van der Waals surface area contributed by atoms with Gasteiger partial charge in [0.05, 0.1) is 16.5 Å². The van der Waals surface area contributed by atoms with E-state index in [1.54, 1.807) is 17.0 Å². The van der Waals surface area contributed by atoms with Crippen LogP contribution in [0.2, 0.25) is 10.0 Å². The van der Waals surface area contributed by atoms with E-state index in [-0.39, 0.29) is 30.8 Å². The highest BCUT2D eigenvalue weighted by atomic mass is 35.5. The zero-order chi connectivity index (χ0) is 22.4. The second-order valence-electron chi connectivity index (χ2n) is 7.96. The van der Waals surface area contributed by atoms with Gasteiger partial charge in [-0.05, 0) is 62.9 Å². The molecule has 0 aliphatic heterocycles. The van der Waals surface area contributed by atoms with Gasteiger partial charge in [0, 0.05) is 12.6 Å². The summed E-state index contributed by atoms with van der Waals surface area (Å²) < 4.78 is 0. The first-order chi connectivity index (χ1) is 14.1. The number of aryl methyl sites for hydroxylation is 2. The molecule has 0 fully saturated rings. The Hall–Kier alpha value is -2.04. The Morgan fingerprint density at radius 3 is 2.33 bits per heavy atom. The number of rotatable bonds is 8. The maximum Gasteiger partial charge on any atom is 0.243 e. The van der Waals surface area contributed by atoms with Crippen molar-refractivity contribution in [3.63, 3.8) is 0 Å². The maximum absolute atomic E-state index is 13.4. The van der Waals surface area contributed by atoms with E-state index in [2.05, 4.69) is 5.32 Å². The summed E-state index contributed by atoms with van der Waals surface area (Å²) in [6.45, 7) is 10.0. The molecule has 1 N–H and O–H groups in total. The van der Waals surface area contributed by atoms with Crippen LogP contribution in [0.25, 0.3) is 0 Å². The number of carbonyl (C=O) groups excluding carboxylic acids is 2. The maximum atomic E-state index is 13.4. The second-order valence-corrected chi connectivity index (χ2v) is 8.78. The lowest BCUT2D eigenvalue weighted by Gasteiger charge is -2.31. The van der Waals surface area contributed by atoms with Crippen molar-refractivity contribution in [2.75, 3.05) is 0 Å². The van der Waals surface area contributed by atoms with E-state index in [4.69, 9.17) is 23.2 Å². The standard InChI is InChI=1S/C24H30Cl2N2O2/c1-6-22(24(30)27-15(2)3)28(14-18-9-10-20(25)21(26)12-18)23(29)13-19-11-16(4)7-8-17(19)5/h7-12,15,22H,6,13-14H2,1-5H3,(H,27,30). The van der Waals surface area contributed by atoms with Crippen LogP contribution in [-0.2, 0) is 22.6 Å². The van der Waals surface area contributed by atoms with Crippen LogP contribution in [0.15, 0.2) is 36.4 Å². The fourth-order valence-electron chi connectivity index (χ4n) is 3.39. The third-order valence-electron chi connectivity index (χ3n) is 5.00. The predicted molar refractivity (Wildman–Crippen MR) is 124 cm³/mol. The average Bonchev–Trinajstić information content (AvgIpc) is 2.66. The highest BCUT2D eigenvalue weighted by Gasteiger charge is 2.29. The lowest BCUT2D eigenvalue weighted by molar-refractivity contribution is -0.141. The monoisotopic (exact) mass is 448 g/mol. The van der Waals surface area contributed by atoms with Gasteiger partial charge in [-0.1, -0.05) is 60.0 Å². The van der Waals surface area contributed by atoms with Crippen LogP contribution in [0.5, 0.6) is 0 Å². The molecule has 2 aromatic rings. The molecule has 6 heteroatoms. The van der Waals surface area contributed by atoms with Gasteiger partial charge in [-0.2, -0.15) is 0 Å². The molecule has 0 aliphatic rings. The summed E-state index contributed by atoms with van der Waals surface area (Å²) in [5, 5.41) is 3.82. The first-order valence-electron chi connectivity index (χ1n) is 10.2. The van der Waals surface area contributed by atoms with Crippen LogP contribution in [0.3, 0.4) is 0 Å². The molecule has 0 aromatic heterocycles. The van der Waals surface area contributed by atoms with Gasteiger partial charge in [0.1, 0.15) is 6.04 Å². The Labute approximate surface area is 189 Å². The molecule has 1 atom stereocenters. The van der Waals surface area contributed by atoms with E-state index < -0.39 is 6.04 Å². The van der Waals surface area contributed by atoms with E-state index in [1.807, 2.05) is 58.9 Å². The van der Waals surface area contributed by atoms with Crippen LogP contribution >= 0.6 is 23.2 Å². The van der Waals surface area contributed by atoms with Gasteiger partial charge in [0.25, 0.3) is 0 Å². The molecule has 4 nitrogen and oxygen atoms in total. The lowest BCUT2D eigenvalue weighted by atomic mass is 10.0. The van der Waals surface area contributed by atoms with Crippen molar-refractivity contribution in [2.45, 2.75) is 66.1 Å². The Morgan fingerprint density at radius 2 is 1.73 bits per heavy atom. The topological polar surface area (TPSA) is 49.4 Å². The van der Waals surface area contributed by atoms with Gasteiger partial charge >= 0.3 is 0 Å². The van der Waals surface area contributed by atoms with Crippen LogP contribution in [0.1, 0.15) is 49.4 Å². The van der Waals surface area contributed by atoms with Gasteiger partial charge < -0.3 is 10.2 Å². The Balaban J connectivity index is 2.37. The number of hydrogen-bond acceptors (Lipinski definition) is 2. The fraction of sp³-hybridized carbons (Fsp3) is 0.417. The molecule has 0 radical (unpaired) electrons. The van der Waals surface area contributed by atoms with Crippen molar-refractivity contribution in [1.82, 2.24) is 10.2 Å². The van der Waals surface area contributed by atoms with E-state index in [0.717, 1.165) is 22.3 Å². The molecule has 1 unspecified atom stereocenters. The highest BCUT2D eigenvalue weighted by molar-refractivity contribution is 6.42. The Bertz CT molecular complexity index is 912. The van der Waals surface area contributed by atoms with Crippen molar-refractivity contribution in [2.24, 2.45) is 0 Å². The average molecular weight is 449 g/mol. The number of nitrogens with zero attached hydrogens (tertiary/aromatic N) is 1. The quantitative estimate of drug-likeness (QED) is 0.580. The number of hydrogen-bond donors (Lipinski definition) is 1. The highest BCUT2D eigenvalue weighted by Crippen LogP contribution is 2.24. The molecule has 0 spiro atoms. The summed E-state index contributed by atoms with van der Waals surface area (Å²) in [5.74, 6) is -0.248. The first kappa shape index (κ1) is 24.2. The van der Waals surface area contributed by atoms with Crippen molar-refractivity contribution in [3.05, 3.63) is 68.7 Å². The fourth-order valence-corrected chi connectivity index (χ4v) is 3.71. The van der Waals surface area contributed by atoms with Crippen LogP contribution in [0.4, 0.5) is 0 Å². The van der Waals surface area contributed by atoms with Gasteiger partial charge in [-0.25, -0.2) is 0 Å². The number of nitrogens with one attached hydrogen (secondary N) is 1. The van der Waals surface area contributed by atoms with Gasteiger partial charge in [-0.3, -0.25) is 9.59 Å². The molecule has 2 amide bonds. The minimum atomic E-state index is -0.570. The van der Waals surface area contributed by atoms with Gasteiger partial charge in [0.2, 0.25) is 11.8 Å². The van der Waals surface area contributed by atoms with Crippen molar-refractivity contribution in [3.8, 4) is 0 Å². The molecule has 0 bridgehead atoms. The zero-order valence-corrected chi connectivity index (χ0v) is 19.8. The first-order valence-corrected chi connectivity index (χ1v) is 11.0. The summed E-state index contributed by atoms with van der Waals surface area (Å²) in [6.07, 6.45) is 0.749. The molecule has 162 valence electrons. The molecule has 0 saturated carbocycles. The van der Waals surface area contributed by atoms with Gasteiger partial charge in [-0.15, -0.1) is 0 Å². The Morgan fingerprint density at radius 1 is 1.03 bits per heavy atom. The SMILES string of the molecule is CCC(C(=O)NC(C)C)N(Cc1ccc(Cl)c(Cl)c1)C(=O)Cc1cc(C)ccc1C. The lowest BCUT2D eigenvalue weighted by Crippen LogP contribution is -2.50. The summed E-state index contributed by atoms with van der Waals surface area (Å²) in [5.41, 5.74) is 3.96. The number of carbonyl (C=O) groups is 2. The van der Waals surface area contributed by atoms with Crippen molar-refractivity contribution < 1.29 is 9.59 Å². The molecule has 2 aromatic carbocycles. The van der Waals surface area contributed by atoms with Crippen molar-refractivity contribution in [1.29, 1.82) is 0 Å². The number of halogens is 2. The normalized spacial score (nSPS) is 12.0. The van der Waals surface area contributed by atoms with Crippen LogP contribution < -0.4 is 5.32 Å². The van der Waals surface area contributed by atoms with Crippen molar-refractivity contribution >= 4 is 35.0 Å². The Kier molecular flexibility index (Phi) is 8.75. The second kappa shape index (κ2) is 10.8. The summed E-state index contributed by atoms with van der Waals surface area (Å²) >= 11 is 12.2. The molecule has 2 rings (SSSR count). The third-order valence-corrected chi connectivity index (χ3v) is 5.74. The van der Waals surface area contributed by atoms with E-state index >= 15 is 0 Å². The van der Waals surface area contributed by atoms with Crippen LogP contribution in [0, 0.1) is 13.8 Å². The zero-order valence-electron chi connectivity index (χ0n) is 18.3. The number of amides is 2. The third kappa shape index (κ3) is 6.48. The minimum absolute atomic E-state index is 0.00695.